The first-order valence-corrected chi connectivity index (χ1v) is 6.21. The first-order valence-electron chi connectivity index (χ1n) is 6.21. The van der Waals surface area contributed by atoms with Crippen LogP contribution < -0.4 is 4.74 Å². The molecular formula is C14H9F3N4O. The third kappa shape index (κ3) is 3.05. The predicted octanol–water partition coefficient (Wildman–Crippen LogP) is 3.47. The summed E-state index contributed by atoms with van der Waals surface area (Å²) >= 11 is 0. The van der Waals surface area contributed by atoms with Crippen molar-refractivity contribution in [3.05, 3.63) is 60.6 Å². The second kappa shape index (κ2) is 5.47. The van der Waals surface area contributed by atoms with Crippen molar-refractivity contribution >= 4 is 0 Å². The summed E-state index contributed by atoms with van der Waals surface area (Å²) in [5.74, 6) is 0.757. The molecule has 0 saturated carbocycles. The zero-order valence-electron chi connectivity index (χ0n) is 11.0. The fraction of sp³-hybridized carbons (Fsp3) is 0.0714. The maximum absolute atomic E-state index is 12.6. The van der Waals surface area contributed by atoms with Gasteiger partial charge >= 0.3 is 6.18 Å². The summed E-state index contributed by atoms with van der Waals surface area (Å²) in [7, 11) is 0. The molecule has 22 heavy (non-hydrogen) atoms. The second-order valence-electron chi connectivity index (χ2n) is 4.25. The average Bonchev–Trinajstić information content (AvgIpc) is 2.99. The largest absolute Gasteiger partial charge is 0.435 e. The second-order valence-corrected chi connectivity index (χ2v) is 4.25. The molecule has 8 heteroatoms. The van der Waals surface area contributed by atoms with E-state index in [4.69, 9.17) is 4.74 Å². The fourth-order valence-corrected chi connectivity index (χ4v) is 1.71. The first kappa shape index (κ1) is 14.1. The van der Waals surface area contributed by atoms with Gasteiger partial charge in [0.2, 0.25) is 11.8 Å². The summed E-state index contributed by atoms with van der Waals surface area (Å²) in [4.78, 5) is 8.08. The van der Waals surface area contributed by atoms with Gasteiger partial charge in [-0.1, -0.05) is 12.1 Å². The van der Waals surface area contributed by atoms with E-state index in [1.807, 2.05) is 0 Å². The van der Waals surface area contributed by atoms with Crippen LogP contribution in [0.4, 0.5) is 13.2 Å². The minimum atomic E-state index is -4.49. The molecule has 0 unspecified atom stereocenters. The van der Waals surface area contributed by atoms with Gasteiger partial charge in [0, 0.05) is 24.5 Å². The summed E-state index contributed by atoms with van der Waals surface area (Å²) < 4.78 is 44.1. The van der Waals surface area contributed by atoms with Gasteiger partial charge in [-0.3, -0.25) is 0 Å². The topological polar surface area (TPSA) is 52.8 Å². The highest BCUT2D eigenvalue weighted by Crippen LogP contribution is 2.28. The lowest BCUT2D eigenvalue weighted by Gasteiger charge is -2.06. The van der Waals surface area contributed by atoms with E-state index >= 15 is 0 Å². The van der Waals surface area contributed by atoms with Crippen LogP contribution in [0.3, 0.4) is 0 Å². The van der Waals surface area contributed by atoms with Gasteiger partial charge in [-0.05, 0) is 18.2 Å². The lowest BCUT2D eigenvalue weighted by Crippen LogP contribution is -2.07. The van der Waals surface area contributed by atoms with Crippen LogP contribution in [0.15, 0.2) is 54.9 Å². The molecule has 0 N–H and O–H groups in total. The van der Waals surface area contributed by atoms with Crippen molar-refractivity contribution in [1.29, 1.82) is 0 Å². The van der Waals surface area contributed by atoms with E-state index in [2.05, 4.69) is 15.1 Å². The monoisotopic (exact) mass is 306 g/mol. The van der Waals surface area contributed by atoms with Crippen molar-refractivity contribution < 1.29 is 17.9 Å². The molecule has 112 valence electrons. The van der Waals surface area contributed by atoms with Crippen LogP contribution in [-0.4, -0.2) is 19.7 Å². The lowest BCUT2D eigenvalue weighted by molar-refractivity contribution is -0.141. The number of hydrogen-bond acceptors (Lipinski definition) is 4. The van der Waals surface area contributed by atoms with Gasteiger partial charge in [-0.25, -0.2) is 9.67 Å². The van der Waals surface area contributed by atoms with Crippen LogP contribution in [-0.2, 0) is 6.18 Å². The molecule has 0 atom stereocenters. The minimum absolute atomic E-state index is 0.209. The standard InChI is InChI=1S/C14H9F3N4O/c15-14(16,17)10-7-9-21(20-10)11-4-3-6-13(19-11)22-12-5-1-2-8-18-12/h1-9H. The van der Waals surface area contributed by atoms with E-state index < -0.39 is 11.9 Å². The summed E-state index contributed by atoms with van der Waals surface area (Å²) in [5.41, 5.74) is -0.981. The minimum Gasteiger partial charge on any atom is -0.421 e. The van der Waals surface area contributed by atoms with E-state index in [9.17, 15) is 13.2 Å². The molecule has 0 saturated heterocycles. The van der Waals surface area contributed by atoms with Crippen molar-refractivity contribution in [2.24, 2.45) is 0 Å². The normalized spacial score (nSPS) is 11.4. The zero-order chi connectivity index (χ0) is 15.6. The molecule has 3 aromatic rings. The Morgan fingerprint density at radius 3 is 2.45 bits per heavy atom. The van der Waals surface area contributed by atoms with Gasteiger partial charge in [0.25, 0.3) is 0 Å². The first-order chi connectivity index (χ1) is 10.5. The SMILES string of the molecule is FC(F)(F)c1ccn(-c2cccc(Oc3ccccn3)n2)n1. The van der Waals surface area contributed by atoms with E-state index in [1.54, 1.807) is 36.5 Å². The number of aromatic nitrogens is 4. The fourth-order valence-electron chi connectivity index (χ4n) is 1.71. The Kier molecular flexibility index (Phi) is 3.50. The Balaban J connectivity index is 1.86. The quantitative estimate of drug-likeness (QED) is 0.743. The van der Waals surface area contributed by atoms with E-state index in [0.29, 0.717) is 5.88 Å². The van der Waals surface area contributed by atoms with Crippen molar-refractivity contribution in [1.82, 2.24) is 19.7 Å². The van der Waals surface area contributed by atoms with E-state index in [0.717, 1.165) is 10.7 Å². The third-order valence-corrected chi connectivity index (χ3v) is 2.67. The molecule has 3 aromatic heterocycles. The third-order valence-electron chi connectivity index (χ3n) is 2.67. The molecule has 0 aromatic carbocycles. The number of alkyl halides is 3. The number of ether oxygens (including phenoxy) is 1. The predicted molar refractivity (Wildman–Crippen MR) is 70.7 cm³/mol. The van der Waals surface area contributed by atoms with Gasteiger partial charge in [0.05, 0.1) is 0 Å². The van der Waals surface area contributed by atoms with Crippen LogP contribution in [0.1, 0.15) is 5.69 Å². The molecule has 0 fully saturated rings. The Morgan fingerprint density at radius 1 is 0.955 bits per heavy atom. The molecule has 0 bridgehead atoms. The van der Waals surface area contributed by atoms with Gasteiger partial charge in [0.1, 0.15) is 0 Å². The number of pyridine rings is 2. The molecule has 3 heterocycles. The Labute approximate surface area is 123 Å². The van der Waals surface area contributed by atoms with Gasteiger partial charge < -0.3 is 4.74 Å². The number of hydrogen-bond donors (Lipinski definition) is 0. The summed E-state index contributed by atoms with van der Waals surface area (Å²) in [5, 5.41) is 3.46. The van der Waals surface area contributed by atoms with E-state index in [-0.39, 0.29) is 11.7 Å². The van der Waals surface area contributed by atoms with Crippen LogP contribution >= 0.6 is 0 Å². The summed E-state index contributed by atoms with van der Waals surface area (Å²) in [6.07, 6.45) is -1.74. The van der Waals surface area contributed by atoms with Gasteiger partial charge in [0.15, 0.2) is 11.5 Å². The van der Waals surface area contributed by atoms with Crippen LogP contribution in [0.5, 0.6) is 11.8 Å². The van der Waals surface area contributed by atoms with Crippen LogP contribution in [0, 0.1) is 0 Å². The molecular weight excluding hydrogens is 297 g/mol. The van der Waals surface area contributed by atoms with Crippen molar-refractivity contribution in [3.63, 3.8) is 0 Å². The van der Waals surface area contributed by atoms with Gasteiger partial charge in [-0.2, -0.15) is 23.3 Å². The molecule has 0 aliphatic carbocycles. The van der Waals surface area contributed by atoms with E-state index in [1.165, 1.54) is 12.3 Å². The Morgan fingerprint density at radius 2 is 1.77 bits per heavy atom. The van der Waals surface area contributed by atoms with Crippen LogP contribution in [0.25, 0.3) is 5.82 Å². The van der Waals surface area contributed by atoms with Crippen molar-refractivity contribution in [3.8, 4) is 17.6 Å². The number of rotatable bonds is 3. The highest BCUT2D eigenvalue weighted by atomic mass is 19.4. The molecule has 5 nitrogen and oxygen atoms in total. The maximum atomic E-state index is 12.6. The average molecular weight is 306 g/mol. The summed E-state index contributed by atoms with van der Waals surface area (Å²) in [6.45, 7) is 0. The van der Waals surface area contributed by atoms with Gasteiger partial charge in [-0.15, -0.1) is 0 Å². The number of halogens is 3. The molecule has 0 amide bonds. The lowest BCUT2D eigenvalue weighted by atomic mass is 10.4. The molecule has 0 aliphatic rings. The van der Waals surface area contributed by atoms with Crippen molar-refractivity contribution in [2.45, 2.75) is 6.18 Å². The highest BCUT2D eigenvalue weighted by molar-refractivity contribution is 5.29. The molecule has 0 radical (unpaired) electrons. The van der Waals surface area contributed by atoms with Crippen molar-refractivity contribution in [2.75, 3.05) is 0 Å². The summed E-state index contributed by atoms with van der Waals surface area (Å²) in [6, 6.07) is 10.7. The molecule has 0 spiro atoms. The Hall–Kier alpha value is -2.90. The number of nitrogens with zero attached hydrogens (tertiary/aromatic N) is 4. The highest BCUT2D eigenvalue weighted by Gasteiger charge is 2.33. The Bertz CT molecular complexity index is 771. The smallest absolute Gasteiger partial charge is 0.421 e. The molecule has 3 rings (SSSR count). The van der Waals surface area contributed by atoms with Crippen LogP contribution in [0.2, 0.25) is 0 Å². The maximum Gasteiger partial charge on any atom is 0.435 e. The zero-order valence-corrected chi connectivity index (χ0v) is 11.0. The molecule has 0 aliphatic heterocycles.